The molecule has 2 amide bonds. The molecule has 0 aliphatic carbocycles. The highest BCUT2D eigenvalue weighted by atomic mass is 32.1. The predicted octanol–water partition coefficient (Wildman–Crippen LogP) is 1.16. The number of hydrogen-bond acceptors (Lipinski definition) is 6. The minimum Gasteiger partial charge on any atom is -0.353 e. The van der Waals surface area contributed by atoms with E-state index < -0.39 is 6.04 Å². The van der Waals surface area contributed by atoms with Crippen LogP contribution in [-0.4, -0.2) is 45.4 Å². The van der Waals surface area contributed by atoms with Crippen LogP contribution in [0.3, 0.4) is 0 Å². The molecular formula is C18H23N5O2S. The molecule has 1 aromatic heterocycles. The van der Waals surface area contributed by atoms with E-state index in [9.17, 15) is 9.59 Å². The van der Waals surface area contributed by atoms with Gasteiger partial charge in [-0.05, 0) is 30.9 Å². The van der Waals surface area contributed by atoms with Crippen molar-refractivity contribution in [3.05, 3.63) is 46.0 Å². The highest BCUT2D eigenvalue weighted by Gasteiger charge is 2.31. The highest BCUT2D eigenvalue weighted by molar-refractivity contribution is 7.05. The van der Waals surface area contributed by atoms with E-state index in [0.717, 1.165) is 22.7 Å². The summed E-state index contributed by atoms with van der Waals surface area (Å²) in [5, 5.41) is 9.67. The van der Waals surface area contributed by atoms with Crippen LogP contribution in [0.2, 0.25) is 0 Å². The van der Waals surface area contributed by atoms with Gasteiger partial charge in [0.1, 0.15) is 0 Å². The molecule has 138 valence electrons. The first kappa shape index (κ1) is 18.5. The van der Waals surface area contributed by atoms with Crippen LogP contribution in [0.25, 0.3) is 0 Å². The van der Waals surface area contributed by atoms with Crippen LogP contribution in [0.4, 0.5) is 0 Å². The third-order valence-corrected chi connectivity index (χ3v) is 5.34. The molecule has 0 unspecified atom stereocenters. The Morgan fingerprint density at radius 3 is 2.81 bits per heavy atom. The van der Waals surface area contributed by atoms with E-state index in [1.165, 1.54) is 17.1 Å². The number of piperazine rings is 1. The Hall–Kier alpha value is -2.32. The molecule has 1 aromatic carbocycles. The molecule has 1 aliphatic rings. The second-order valence-electron chi connectivity index (χ2n) is 6.53. The molecule has 1 aliphatic heterocycles. The van der Waals surface area contributed by atoms with Gasteiger partial charge in [0.25, 0.3) is 0 Å². The van der Waals surface area contributed by atoms with Gasteiger partial charge in [-0.25, -0.2) is 0 Å². The van der Waals surface area contributed by atoms with Crippen LogP contribution in [0.1, 0.15) is 28.1 Å². The topological polar surface area (TPSA) is 87.2 Å². The van der Waals surface area contributed by atoms with Crippen molar-refractivity contribution in [2.75, 3.05) is 13.1 Å². The summed E-state index contributed by atoms with van der Waals surface area (Å²) < 4.78 is 3.86. The normalized spacial score (nSPS) is 17.8. The molecule has 3 rings (SSSR count). The molecule has 2 aromatic rings. The maximum absolute atomic E-state index is 12.4. The number of aryl methyl sites for hydroxylation is 2. The lowest BCUT2D eigenvalue weighted by atomic mass is 10.1. The van der Waals surface area contributed by atoms with Gasteiger partial charge in [0, 0.05) is 19.6 Å². The maximum atomic E-state index is 12.4. The largest absolute Gasteiger partial charge is 0.353 e. The summed E-state index contributed by atoms with van der Waals surface area (Å²) in [5.74, 6) is -0.233. The van der Waals surface area contributed by atoms with Crippen molar-refractivity contribution in [1.29, 1.82) is 0 Å². The quantitative estimate of drug-likeness (QED) is 0.793. The van der Waals surface area contributed by atoms with Crippen molar-refractivity contribution in [3.8, 4) is 0 Å². The van der Waals surface area contributed by atoms with Gasteiger partial charge < -0.3 is 10.6 Å². The van der Waals surface area contributed by atoms with Gasteiger partial charge in [0.2, 0.25) is 11.8 Å². The number of rotatable bonds is 6. The fourth-order valence-electron chi connectivity index (χ4n) is 2.94. The average molecular weight is 373 g/mol. The standard InChI is InChI=1S/C18H23N5O2S/c1-12-3-5-14(6-4-12)11-23-8-7-19-18(25)15(23)9-17(24)20-10-16-13(2)21-22-26-16/h3-6,15H,7-11H2,1-2H3,(H,19,25)(H,20,24)/t15-/m0/s1. The molecule has 7 nitrogen and oxygen atoms in total. The Balaban J connectivity index is 1.60. The van der Waals surface area contributed by atoms with E-state index in [1.807, 2.05) is 13.8 Å². The Morgan fingerprint density at radius 2 is 2.12 bits per heavy atom. The van der Waals surface area contributed by atoms with Crippen LogP contribution < -0.4 is 10.6 Å². The number of carbonyl (C=O) groups is 2. The molecule has 2 N–H and O–H groups in total. The van der Waals surface area contributed by atoms with E-state index >= 15 is 0 Å². The molecule has 1 saturated heterocycles. The van der Waals surface area contributed by atoms with Crippen LogP contribution in [-0.2, 0) is 22.7 Å². The molecule has 0 radical (unpaired) electrons. The second kappa shape index (κ2) is 8.37. The minimum atomic E-state index is -0.453. The summed E-state index contributed by atoms with van der Waals surface area (Å²) in [6.07, 6.45) is 0.142. The number of hydrogen-bond donors (Lipinski definition) is 2. The van der Waals surface area contributed by atoms with Gasteiger partial charge in [0.05, 0.1) is 29.6 Å². The van der Waals surface area contributed by atoms with E-state index in [2.05, 4.69) is 49.4 Å². The maximum Gasteiger partial charge on any atom is 0.237 e. The van der Waals surface area contributed by atoms with Crippen molar-refractivity contribution in [3.63, 3.8) is 0 Å². The summed E-state index contributed by atoms with van der Waals surface area (Å²) in [7, 11) is 0. The Morgan fingerprint density at radius 1 is 1.35 bits per heavy atom. The van der Waals surface area contributed by atoms with Crippen molar-refractivity contribution in [2.24, 2.45) is 0 Å². The number of amides is 2. The number of aromatic nitrogens is 2. The lowest BCUT2D eigenvalue weighted by Gasteiger charge is -2.34. The van der Waals surface area contributed by atoms with E-state index in [0.29, 0.717) is 19.6 Å². The summed E-state index contributed by atoms with van der Waals surface area (Å²) in [5.41, 5.74) is 3.17. The number of nitrogens with one attached hydrogen (secondary N) is 2. The van der Waals surface area contributed by atoms with Gasteiger partial charge in [-0.15, -0.1) is 5.10 Å². The molecule has 8 heteroatoms. The van der Waals surface area contributed by atoms with Gasteiger partial charge in [-0.1, -0.05) is 34.3 Å². The molecule has 1 fully saturated rings. The zero-order valence-corrected chi connectivity index (χ0v) is 15.8. The van der Waals surface area contributed by atoms with Crippen LogP contribution in [0.15, 0.2) is 24.3 Å². The van der Waals surface area contributed by atoms with E-state index in [1.54, 1.807) is 0 Å². The van der Waals surface area contributed by atoms with Crippen molar-refractivity contribution < 1.29 is 9.59 Å². The first-order valence-corrected chi connectivity index (χ1v) is 9.42. The van der Waals surface area contributed by atoms with Crippen molar-refractivity contribution >= 4 is 23.3 Å². The van der Waals surface area contributed by atoms with Gasteiger partial charge in [0.15, 0.2) is 0 Å². The zero-order valence-electron chi connectivity index (χ0n) is 15.0. The highest BCUT2D eigenvalue weighted by Crippen LogP contribution is 2.15. The summed E-state index contributed by atoms with van der Waals surface area (Å²) in [6.45, 7) is 6.30. The molecule has 2 heterocycles. The number of benzene rings is 1. The lowest BCUT2D eigenvalue weighted by molar-refractivity contribution is -0.134. The Labute approximate surface area is 157 Å². The number of nitrogens with zero attached hydrogens (tertiary/aromatic N) is 3. The van der Waals surface area contributed by atoms with Gasteiger partial charge in [-0.3, -0.25) is 14.5 Å². The molecule has 26 heavy (non-hydrogen) atoms. The van der Waals surface area contributed by atoms with Crippen molar-refractivity contribution in [1.82, 2.24) is 25.1 Å². The minimum absolute atomic E-state index is 0.0888. The van der Waals surface area contributed by atoms with Crippen LogP contribution in [0, 0.1) is 13.8 Å². The van der Waals surface area contributed by atoms with Crippen LogP contribution in [0.5, 0.6) is 0 Å². The first-order valence-electron chi connectivity index (χ1n) is 8.65. The average Bonchev–Trinajstić information content (AvgIpc) is 3.03. The Kier molecular flexibility index (Phi) is 5.95. The summed E-state index contributed by atoms with van der Waals surface area (Å²) >= 11 is 1.28. The fraction of sp³-hybridized carbons (Fsp3) is 0.444. The van der Waals surface area contributed by atoms with Gasteiger partial charge in [-0.2, -0.15) is 0 Å². The van der Waals surface area contributed by atoms with Gasteiger partial charge >= 0.3 is 0 Å². The molecule has 0 saturated carbocycles. The molecule has 0 spiro atoms. The molecule has 0 bridgehead atoms. The monoisotopic (exact) mass is 373 g/mol. The Bertz CT molecular complexity index is 774. The van der Waals surface area contributed by atoms with E-state index in [-0.39, 0.29) is 18.2 Å². The predicted molar refractivity (Wildman–Crippen MR) is 99.5 cm³/mol. The summed E-state index contributed by atoms with van der Waals surface area (Å²) in [4.78, 5) is 27.7. The molecule has 1 atom stereocenters. The molecular weight excluding hydrogens is 350 g/mol. The first-order chi connectivity index (χ1) is 12.5. The van der Waals surface area contributed by atoms with Crippen LogP contribution >= 0.6 is 11.5 Å². The fourth-order valence-corrected chi connectivity index (χ4v) is 3.51. The third-order valence-electron chi connectivity index (χ3n) is 4.52. The van der Waals surface area contributed by atoms with Crippen molar-refractivity contribution in [2.45, 2.75) is 39.4 Å². The van der Waals surface area contributed by atoms with E-state index in [4.69, 9.17) is 0 Å². The SMILES string of the molecule is Cc1ccc(CN2CCNC(=O)[C@@H]2CC(=O)NCc2snnc2C)cc1. The summed E-state index contributed by atoms with van der Waals surface area (Å²) in [6, 6.07) is 7.81. The third kappa shape index (κ3) is 4.64. The smallest absolute Gasteiger partial charge is 0.237 e. The lowest BCUT2D eigenvalue weighted by Crippen LogP contribution is -2.56. The zero-order chi connectivity index (χ0) is 18.5. The number of carbonyl (C=O) groups excluding carboxylic acids is 2. The second-order valence-corrected chi connectivity index (χ2v) is 7.36.